The average molecular weight is 349 g/mol. The first-order chi connectivity index (χ1) is 11.5. The third-order valence-electron chi connectivity index (χ3n) is 4.59. The van der Waals surface area contributed by atoms with Crippen molar-refractivity contribution in [3.8, 4) is 22.8 Å². The Labute approximate surface area is 140 Å². The molecule has 1 aromatic carbocycles. The van der Waals surface area contributed by atoms with Crippen LogP contribution in [0.25, 0.3) is 11.3 Å². The van der Waals surface area contributed by atoms with Crippen LogP contribution in [0.2, 0.25) is 0 Å². The van der Waals surface area contributed by atoms with E-state index in [2.05, 4.69) is 9.97 Å². The summed E-state index contributed by atoms with van der Waals surface area (Å²) in [7, 11) is -3.10. The second-order valence-corrected chi connectivity index (χ2v) is 8.17. The van der Waals surface area contributed by atoms with Crippen LogP contribution in [0, 0.1) is 0 Å². The smallest absolute Gasteiger partial charge is 0.231 e. The predicted molar refractivity (Wildman–Crippen MR) is 88.5 cm³/mol. The van der Waals surface area contributed by atoms with Crippen molar-refractivity contribution in [3.05, 3.63) is 30.2 Å². The van der Waals surface area contributed by atoms with Gasteiger partial charge in [0, 0.05) is 24.6 Å². The lowest BCUT2D eigenvalue weighted by Gasteiger charge is -2.29. The number of benzene rings is 1. The zero-order valence-electron chi connectivity index (χ0n) is 13.4. The molecule has 7 nitrogen and oxygen atoms in total. The van der Waals surface area contributed by atoms with E-state index in [-0.39, 0.29) is 12.7 Å². The summed E-state index contributed by atoms with van der Waals surface area (Å²) in [6, 6.07) is 5.80. The number of imidazole rings is 1. The Morgan fingerprint density at radius 1 is 1.21 bits per heavy atom. The quantitative estimate of drug-likeness (QED) is 0.915. The van der Waals surface area contributed by atoms with Crippen molar-refractivity contribution in [1.29, 1.82) is 0 Å². The molecule has 1 saturated heterocycles. The van der Waals surface area contributed by atoms with Gasteiger partial charge in [0.15, 0.2) is 11.5 Å². The molecule has 0 atom stereocenters. The van der Waals surface area contributed by atoms with Crippen LogP contribution >= 0.6 is 0 Å². The number of sulfonamides is 1. The van der Waals surface area contributed by atoms with E-state index in [0.29, 0.717) is 13.1 Å². The number of hydrogen-bond acceptors (Lipinski definition) is 5. The molecule has 1 fully saturated rings. The fraction of sp³-hybridized carbons (Fsp3) is 0.438. The van der Waals surface area contributed by atoms with Crippen LogP contribution in [-0.2, 0) is 10.0 Å². The molecule has 8 heteroatoms. The van der Waals surface area contributed by atoms with E-state index in [1.807, 2.05) is 24.4 Å². The van der Waals surface area contributed by atoms with Gasteiger partial charge in [0.1, 0.15) is 5.82 Å². The molecule has 0 bridgehead atoms. The van der Waals surface area contributed by atoms with Crippen molar-refractivity contribution in [1.82, 2.24) is 14.3 Å². The van der Waals surface area contributed by atoms with Crippen molar-refractivity contribution >= 4 is 10.0 Å². The maximum absolute atomic E-state index is 11.6. The minimum absolute atomic E-state index is 0.255. The van der Waals surface area contributed by atoms with E-state index in [4.69, 9.17) is 9.47 Å². The van der Waals surface area contributed by atoms with Crippen LogP contribution in [0.3, 0.4) is 0 Å². The van der Waals surface area contributed by atoms with E-state index in [9.17, 15) is 8.42 Å². The molecule has 2 aliphatic heterocycles. The first kappa shape index (κ1) is 15.5. The molecular formula is C16H19N3O4S. The van der Waals surface area contributed by atoms with Crippen LogP contribution in [0.5, 0.6) is 11.5 Å². The summed E-state index contributed by atoms with van der Waals surface area (Å²) in [5.74, 6) is 2.67. The van der Waals surface area contributed by atoms with Crippen molar-refractivity contribution in [3.63, 3.8) is 0 Å². The Hall–Kier alpha value is -2.06. The van der Waals surface area contributed by atoms with Crippen LogP contribution < -0.4 is 9.47 Å². The number of ether oxygens (including phenoxy) is 2. The van der Waals surface area contributed by atoms with Crippen molar-refractivity contribution in [2.45, 2.75) is 18.8 Å². The summed E-state index contributed by atoms with van der Waals surface area (Å²) in [6.07, 6.45) is 4.64. The minimum Gasteiger partial charge on any atom is -0.454 e. The van der Waals surface area contributed by atoms with E-state index >= 15 is 0 Å². The van der Waals surface area contributed by atoms with Gasteiger partial charge < -0.3 is 14.5 Å². The van der Waals surface area contributed by atoms with Crippen LogP contribution in [0.4, 0.5) is 0 Å². The fourth-order valence-corrected chi connectivity index (χ4v) is 4.09. The lowest BCUT2D eigenvalue weighted by molar-refractivity contribution is 0.174. The number of aromatic nitrogens is 2. The van der Waals surface area contributed by atoms with Crippen LogP contribution in [0.15, 0.2) is 24.4 Å². The van der Waals surface area contributed by atoms with E-state index in [1.54, 1.807) is 0 Å². The molecule has 1 aromatic heterocycles. The monoisotopic (exact) mass is 349 g/mol. The lowest BCUT2D eigenvalue weighted by Crippen LogP contribution is -2.37. The largest absolute Gasteiger partial charge is 0.454 e. The Bertz CT molecular complexity index is 854. The highest BCUT2D eigenvalue weighted by atomic mass is 32.2. The van der Waals surface area contributed by atoms with Gasteiger partial charge in [-0.15, -0.1) is 0 Å². The van der Waals surface area contributed by atoms with Gasteiger partial charge in [-0.25, -0.2) is 17.7 Å². The lowest BCUT2D eigenvalue weighted by atomic mass is 9.97. The third kappa shape index (κ3) is 2.87. The maximum atomic E-state index is 11.6. The van der Waals surface area contributed by atoms with Gasteiger partial charge in [-0.1, -0.05) is 0 Å². The molecule has 0 unspecified atom stereocenters. The molecule has 0 saturated carbocycles. The Balaban J connectivity index is 1.50. The first-order valence-corrected chi connectivity index (χ1v) is 9.75. The molecule has 0 spiro atoms. The van der Waals surface area contributed by atoms with Crippen molar-refractivity contribution in [2.24, 2.45) is 0 Å². The first-order valence-electron chi connectivity index (χ1n) is 7.91. The van der Waals surface area contributed by atoms with Crippen LogP contribution in [-0.4, -0.2) is 48.8 Å². The summed E-state index contributed by atoms with van der Waals surface area (Å²) in [6.45, 7) is 1.35. The van der Waals surface area contributed by atoms with Gasteiger partial charge >= 0.3 is 0 Å². The minimum atomic E-state index is -3.10. The molecule has 0 aliphatic carbocycles. The number of nitrogens with zero attached hydrogens (tertiary/aromatic N) is 2. The highest BCUT2D eigenvalue weighted by Gasteiger charge is 2.27. The molecule has 128 valence electrons. The SMILES string of the molecule is CS(=O)(=O)N1CCC(c2ncc(-c3ccc4c(c3)OCO4)[nH]2)CC1. The number of aromatic amines is 1. The Kier molecular flexibility index (Phi) is 3.73. The molecule has 24 heavy (non-hydrogen) atoms. The summed E-state index contributed by atoms with van der Waals surface area (Å²) in [5, 5.41) is 0. The summed E-state index contributed by atoms with van der Waals surface area (Å²) in [4.78, 5) is 7.87. The summed E-state index contributed by atoms with van der Waals surface area (Å²) in [5.41, 5.74) is 1.92. The zero-order valence-corrected chi connectivity index (χ0v) is 14.2. The number of piperidine rings is 1. The standard InChI is InChI=1S/C16H19N3O4S/c1-24(20,21)19-6-4-11(5-7-19)16-17-9-13(18-16)12-2-3-14-15(8-12)23-10-22-14/h2-3,8-9,11H,4-7,10H2,1H3,(H,17,18). The highest BCUT2D eigenvalue weighted by molar-refractivity contribution is 7.88. The molecule has 1 N–H and O–H groups in total. The van der Waals surface area contributed by atoms with E-state index in [0.717, 1.165) is 41.4 Å². The number of fused-ring (bicyclic) bond motifs is 1. The molecule has 3 heterocycles. The number of H-pyrrole nitrogens is 1. The molecule has 0 radical (unpaired) electrons. The predicted octanol–water partition coefficient (Wildman–Crippen LogP) is 1.94. The number of rotatable bonds is 3. The van der Waals surface area contributed by atoms with Gasteiger partial charge in [0.25, 0.3) is 0 Å². The average Bonchev–Trinajstić information content (AvgIpc) is 3.22. The van der Waals surface area contributed by atoms with Crippen LogP contribution in [0.1, 0.15) is 24.6 Å². The normalized spacial score (nSPS) is 18.9. The molecule has 2 aliphatic rings. The maximum Gasteiger partial charge on any atom is 0.231 e. The highest BCUT2D eigenvalue weighted by Crippen LogP contribution is 2.36. The third-order valence-corrected chi connectivity index (χ3v) is 5.89. The van der Waals surface area contributed by atoms with Crippen molar-refractivity contribution in [2.75, 3.05) is 26.1 Å². The van der Waals surface area contributed by atoms with Gasteiger partial charge in [0.05, 0.1) is 18.1 Å². The molecular weight excluding hydrogens is 330 g/mol. The van der Waals surface area contributed by atoms with E-state index < -0.39 is 10.0 Å². The Morgan fingerprint density at radius 3 is 2.71 bits per heavy atom. The fourth-order valence-electron chi connectivity index (χ4n) is 3.22. The summed E-state index contributed by atoms with van der Waals surface area (Å²) < 4.78 is 35.5. The number of hydrogen-bond donors (Lipinski definition) is 1. The number of nitrogens with one attached hydrogen (secondary N) is 1. The van der Waals surface area contributed by atoms with E-state index in [1.165, 1.54) is 10.6 Å². The Morgan fingerprint density at radius 2 is 1.96 bits per heavy atom. The van der Waals surface area contributed by atoms with Gasteiger partial charge in [-0.2, -0.15) is 0 Å². The molecule has 0 amide bonds. The van der Waals surface area contributed by atoms with Gasteiger partial charge in [0.2, 0.25) is 16.8 Å². The van der Waals surface area contributed by atoms with Crippen molar-refractivity contribution < 1.29 is 17.9 Å². The zero-order chi connectivity index (χ0) is 16.7. The second-order valence-electron chi connectivity index (χ2n) is 6.19. The van der Waals surface area contributed by atoms with Gasteiger partial charge in [-0.3, -0.25) is 0 Å². The molecule has 2 aromatic rings. The second kappa shape index (κ2) is 5.78. The summed E-state index contributed by atoms with van der Waals surface area (Å²) >= 11 is 0. The van der Waals surface area contributed by atoms with Gasteiger partial charge in [-0.05, 0) is 31.0 Å². The molecule has 4 rings (SSSR count). The topological polar surface area (TPSA) is 84.5 Å².